The SMILES string of the molecule is CCOc1cc(C(=O)OCC(=O)c2ccc(OC)cc2)cc(OCC)c1OCC. The van der Waals surface area contributed by atoms with Gasteiger partial charge in [0.05, 0.1) is 32.5 Å². The average molecular weight is 402 g/mol. The van der Waals surface area contributed by atoms with E-state index in [0.717, 1.165) is 0 Å². The first-order chi connectivity index (χ1) is 14.0. The molecule has 2 aromatic carbocycles. The van der Waals surface area contributed by atoms with Gasteiger partial charge in [0.15, 0.2) is 23.9 Å². The molecule has 2 rings (SSSR count). The van der Waals surface area contributed by atoms with Crippen LogP contribution in [0.15, 0.2) is 36.4 Å². The van der Waals surface area contributed by atoms with Crippen molar-refractivity contribution in [1.82, 2.24) is 0 Å². The molecule has 0 saturated carbocycles. The van der Waals surface area contributed by atoms with Crippen LogP contribution in [0.5, 0.6) is 23.0 Å². The van der Waals surface area contributed by atoms with Crippen molar-refractivity contribution in [2.24, 2.45) is 0 Å². The Morgan fingerprint density at radius 3 is 1.83 bits per heavy atom. The zero-order chi connectivity index (χ0) is 21.2. The predicted octanol–water partition coefficient (Wildman–Crippen LogP) is 3.93. The summed E-state index contributed by atoms with van der Waals surface area (Å²) in [5.74, 6) is 0.864. The minimum atomic E-state index is -0.656. The maximum Gasteiger partial charge on any atom is 0.338 e. The highest BCUT2D eigenvalue weighted by Gasteiger charge is 2.20. The molecule has 0 unspecified atom stereocenters. The zero-order valence-electron chi connectivity index (χ0n) is 17.2. The van der Waals surface area contributed by atoms with Crippen LogP contribution in [-0.2, 0) is 4.74 Å². The normalized spacial score (nSPS) is 10.2. The van der Waals surface area contributed by atoms with Crippen LogP contribution in [0.3, 0.4) is 0 Å². The fourth-order valence-corrected chi connectivity index (χ4v) is 2.58. The highest BCUT2D eigenvalue weighted by atomic mass is 16.5. The van der Waals surface area contributed by atoms with E-state index in [-0.39, 0.29) is 18.0 Å². The van der Waals surface area contributed by atoms with E-state index < -0.39 is 5.97 Å². The van der Waals surface area contributed by atoms with Crippen molar-refractivity contribution < 1.29 is 33.3 Å². The first-order valence-corrected chi connectivity index (χ1v) is 9.44. The minimum absolute atomic E-state index is 0.211. The van der Waals surface area contributed by atoms with Gasteiger partial charge in [-0.3, -0.25) is 4.79 Å². The van der Waals surface area contributed by atoms with Crippen molar-refractivity contribution >= 4 is 11.8 Å². The standard InChI is InChI=1S/C22H26O7/c1-5-26-19-12-16(13-20(27-6-2)21(19)28-7-3)22(24)29-14-18(23)15-8-10-17(25-4)11-9-15/h8-13H,5-7,14H2,1-4H3. The number of ketones is 1. The van der Waals surface area contributed by atoms with E-state index in [1.807, 2.05) is 20.8 Å². The monoisotopic (exact) mass is 402 g/mol. The molecule has 156 valence electrons. The summed E-state index contributed by atoms with van der Waals surface area (Å²) in [6, 6.07) is 9.63. The lowest BCUT2D eigenvalue weighted by Crippen LogP contribution is -2.15. The number of Topliss-reactive ketones (excluding diaryl/α,β-unsaturated/α-hetero) is 1. The first-order valence-electron chi connectivity index (χ1n) is 9.44. The zero-order valence-corrected chi connectivity index (χ0v) is 17.2. The summed E-state index contributed by atoms with van der Waals surface area (Å²) in [6.07, 6.45) is 0. The molecule has 7 heteroatoms. The second kappa shape index (κ2) is 10.9. The van der Waals surface area contributed by atoms with Crippen molar-refractivity contribution in [3.05, 3.63) is 47.5 Å². The Hall–Kier alpha value is -3.22. The van der Waals surface area contributed by atoms with Gasteiger partial charge >= 0.3 is 5.97 Å². The second-order valence-corrected chi connectivity index (χ2v) is 5.83. The van der Waals surface area contributed by atoms with Gasteiger partial charge in [-0.1, -0.05) is 0 Å². The predicted molar refractivity (Wildman–Crippen MR) is 108 cm³/mol. The van der Waals surface area contributed by atoms with Gasteiger partial charge in [0.1, 0.15) is 5.75 Å². The molecule has 0 bridgehead atoms. The van der Waals surface area contributed by atoms with E-state index in [2.05, 4.69) is 0 Å². The molecule has 0 atom stereocenters. The Labute approximate surface area is 170 Å². The van der Waals surface area contributed by atoms with Crippen LogP contribution in [0.1, 0.15) is 41.5 Å². The second-order valence-electron chi connectivity index (χ2n) is 5.83. The first kappa shape index (κ1) is 22.1. The molecular formula is C22H26O7. The maximum absolute atomic E-state index is 12.5. The molecule has 0 spiro atoms. The number of esters is 1. The van der Waals surface area contributed by atoms with Crippen molar-refractivity contribution in [1.29, 1.82) is 0 Å². The summed E-state index contributed by atoms with van der Waals surface area (Å²) >= 11 is 0. The summed E-state index contributed by atoms with van der Waals surface area (Å²) in [5.41, 5.74) is 0.637. The molecule has 2 aromatic rings. The Morgan fingerprint density at radius 1 is 0.793 bits per heavy atom. The van der Waals surface area contributed by atoms with Crippen molar-refractivity contribution in [2.75, 3.05) is 33.5 Å². The van der Waals surface area contributed by atoms with Crippen molar-refractivity contribution in [3.8, 4) is 23.0 Å². The Bertz CT molecular complexity index is 801. The molecule has 0 heterocycles. The minimum Gasteiger partial charge on any atom is -0.497 e. The third-order valence-electron chi connectivity index (χ3n) is 3.89. The topological polar surface area (TPSA) is 80.3 Å². The van der Waals surface area contributed by atoms with Gasteiger partial charge in [0.25, 0.3) is 0 Å². The van der Waals surface area contributed by atoms with Crippen molar-refractivity contribution in [3.63, 3.8) is 0 Å². The number of methoxy groups -OCH3 is 1. The largest absolute Gasteiger partial charge is 0.497 e. The molecule has 0 radical (unpaired) electrons. The number of hydrogen-bond donors (Lipinski definition) is 0. The van der Waals surface area contributed by atoms with Crippen LogP contribution in [0.25, 0.3) is 0 Å². The number of hydrogen-bond acceptors (Lipinski definition) is 7. The quantitative estimate of drug-likeness (QED) is 0.416. The van der Waals surface area contributed by atoms with Crippen LogP contribution in [0.4, 0.5) is 0 Å². The van der Waals surface area contributed by atoms with Crippen LogP contribution in [-0.4, -0.2) is 45.3 Å². The lowest BCUT2D eigenvalue weighted by molar-refractivity contribution is 0.0474. The van der Waals surface area contributed by atoms with E-state index in [1.54, 1.807) is 31.4 Å². The molecule has 0 aliphatic heterocycles. The molecule has 0 amide bonds. The van der Waals surface area contributed by atoms with Gasteiger partial charge in [0.2, 0.25) is 5.75 Å². The number of ether oxygens (including phenoxy) is 5. The molecule has 29 heavy (non-hydrogen) atoms. The number of rotatable bonds is 11. The van der Waals surface area contributed by atoms with Gasteiger partial charge in [-0.05, 0) is 57.2 Å². The lowest BCUT2D eigenvalue weighted by Gasteiger charge is -2.16. The number of carbonyl (C=O) groups excluding carboxylic acids is 2. The number of carbonyl (C=O) groups is 2. The van der Waals surface area contributed by atoms with E-state index in [0.29, 0.717) is 48.4 Å². The average Bonchev–Trinajstić information content (AvgIpc) is 2.74. The Morgan fingerprint density at radius 2 is 1.34 bits per heavy atom. The third kappa shape index (κ3) is 5.88. The fraction of sp³-hybridized carbons (Fsp3) is 0.364. The van der Waals surface area contributed by atoms with Crippen LogP contribution in [0.2, 0.25) is 0 Å². The fourth-order valence-electron chi connectivity index (χ4n) is 2.58. The molecule has 0 N–H and O–H groups in total. The summed E-state index contributed by atoms with van der Waals surface area (Å²) in [5, 5.41) is 0. The van der Waals surface area contributed by atoms with E-state index >= 15 is 0 Å². The van der Waals surface area contributed by atoms with E-state index in [4.69, 9.17) is 23.7 Å². The molecule has 0 aromatic heterocycles. The van der Waals surface area contributed by atoms with Crippen LogP contribution < -0.4 is 18.9 Å². The van der Waals surface area contributed by atoms with Gasteiger partial charge in [-0.15, -0.1) is 0 Å². The maximum atomic E-state index is 12.5. The van der Waals surface area contributed by atoms with Crippen LogP contribution >= 0.6 is 0 Å². The smallest absolute Gasteiger partial charge is 0.338 e. The van der Waals surface area contributed by atoms with E-state index in [1.165, 1.54) is 12.1 Å². The number of benzene rings is 2. The van der Waals surface area contributed by atoms with Crippen molar-refractivity contribution in [2.45, 2.75) is 20.8 Å². The molecular weight excluding hydrogens is 376 g/mol. The van der Waals surface area contributed by atoms with Gasteiger partial charge in [-0.25, -0.2) is 4.79 Å². The highest BCUT2D eigenvalue weighted by molar-refractivity contribution is 5.99. The molecule has 0 aliphatic carbocycles. The summed E-state index contributed by atoms with van der Waals surface area (Å²) < 4.78 is 27.1. The molecule has 0 saturated heterocycles. The molecule has 0 fully saturated rings. The molecule has 7 nitrogen and oxygen atoms in total. The summed E-state index contributed by atoms with van der Waals surface area (Å²) in [6.45, 7) is 6.31. The van der Waals surface area contributed by atoms with Gasteiger partial charge < -0.3 is 23.7 Å². The lowest BCUT2D eigenvalue weighted by atomic mass is 10.1. The Kier molecular flexibility index (Phi) is 8.33. The van der Waals surface area contributed by atoms with E-state index in [9.17, 15) is 9.59 Å². The summed E-state index contributed by atoms with van der Waals surface area (Å²) in [4.78, 5) is 24.8. The van der Waals surface area contributed by atoms with Gasteiger partial charge in [0, 0.05) is 5.56 Å². The third-order valence-corrected chi connectivity index (χ3v) is 3.89. The Balaban J connectivity index is 2.16. The highest BCUT2D eigenvalue weighted by Crippen LogP contribution is 2.39. The van der Waals surface area contributed by atoms with Crippen LogP contribution in [0, 0.1) is 0 Å². The van der Waals surface area contributed by atoms with Gasteiger partial charge in [-0.2, -0.15) is 0 Å². The molecule has 0 aliphatic rings. The summed E-state index contributed by atoms with van der Waals surface area (Å²) in [7, 11) is 1.54.